The zero-order valence-electron chi connectivity index (χ0n) is 17.9. The van der Waals surface area contributed by atoms with Crippen LogP contribution in [0.25, 0.3) is 0 Å². The summed E-state index contributed by atoms with van der Waals surface area (Å²) in [6.07, 6.45) is 2.84. The molecule has 2 aliphatic rings. The molecule has 0 radical (unpaired) electrons. The normalized spacial score (nSPS) is 20.8. The topological polar surface area (TPSA) is 65.1 Å². The van der Waals surface area contributed by atoms with E-state index in [1.807, 2.05) is 54.6 Å². The molecule has 1 unspecified atom stereocenters. The number of ether oxygens (including phenoxy) is 3. The average Bonchev–Trinajstić information content (AvgIpc) is 3.25. The van der Waals surface area contributed by atoms with Gasteiger partial charge in [0.1, 0.15) is 5.75 Å². The van der Waals surface area contributed by atoms with Crippen molar-refractivity contribution in [1.29, 1.82) is 0 Å². The maximum atomic E-state index is 13.2. The molecule has 3 aromatic carbocycles. The van der Waals surface area contributed by atoms with E-state index >= 15 is 0 Å². The maximum absolute atomic E-state index is 13.2. The molecule has 0 spiro atoms. The van der Waals surface area contributed by atoms with Crippen molar-refractivity contribution in [3.8, 4) is 17.2 Å². The molecule has 0 bridgehead atoms. The van der Waals surface area contributed by atoms with Gasteiger partial charge in [-0.15, -0.1) is 0 Å². The van der Waals surface area contributed by atoms with Crippen molar-refractivity contribution in [3.05, 3.63) is 83.9 Å². The van der Waals surface area contributed by atoms with Crippen molar-refractivity contribution in [3.63, 3.8) is 0 Å². The molecular weight excluding hydrogens is 426 g/mol. The Morgan fingerprint density at radius 3 is 2.16 bits per heavy atom. The Hall–Kier alpha value is -3.03. The minimum Gasteiger partial charge on any atom is -0.497 e. The lowest BCUT2D eigenvalue weighted by Gasteiger charge is -2.28. The highest BCUT2D eigenvalue weighted by Crippen LogP contribution is 2.48. The molecular formula is C25H25NO5S. The Morgan fingerprint density at radius 2 is 1.47 bits per heavy atom. The number of hydrogen-bond acceptors (Lipinski definition) is 5. The van der Waals surface area contributed by atoms with Crippen LogP contribution in [0.5, 0.6) is 17.2 Å². The molecule has 1 fully saturated rings. The first-order valence-electron chi connectivity index (χ1n) is 10.8. The Morgan fingerprint density at radius 1 is 0.812 bits per heavy atom. The first kappa shape index (κ1) is 20.8. The second-order valence-electron chi connectivity index (χ2n) is 7.99. The van der Waals surface area contributed by atoms with Crippen LogP contribution in [-0.4, -0.2) is 32.9 Å². The Labute approximate surface area is 188 Å². The second kappa shape index (κ2) is 8.15. The van der Waals surface area contributed by atoms with E-state index in [0.717, 1.165) is 36.1 Å². The van der Waals surface area contributed by atoms with E-state index in [4.69, 9.17) is 14.2 Å². The van der Waals surface area contributed by atoms with Crippen LogP contribution in [-0.2, 0) is 15.8 Å². The molecule has 0 saturated carbocycles. The standard InChI is InChI=1S/C25H25NO5S/c1-29-21-12-10-20(11-13-21)25(19-8-4-2-5-9-19)30-23-15-14-22(18-24(23)31-25)32(27,28)26-16-6-3-7-17-26/h2,4-5,8-15,18H,3,6-7,16-17H2,1H3. The number of methoxy groups -OCH3 is 1. The smallest absolute Gasteiger partial charge is 0.305 e. The monoisotopic (exact) mass is 451 g/mol. The number of hydrogen-bond donors (Lipinski definition) is 0. The summed E-state index contributed by atoms with van der Waals surface area (Å²) in [4.78, 5) is 0.223. The second-order valence-corrected chi connectivity index (χ2v) is 9.93. The molecule has 3 aromatic rings. The average molecular weight is 452 g/mol. The Balaban J connectivity index is 1.55. The quantitative estimate of drug-likeness (QED) is 0.570. The lowest BCUT2D eigenvalue weighted by Crippen LogP contribution is -2.36. The molecule has 32 heavy (non-hydrogen) atoms. The molecule has 0 amide bonds. The molecule has 1 saturated heterocycles. The van der Waals surface area contributed by atoms with E-state index in [2.05, 4.69) is 0 Å². The van der Waals surface area contributed by atoms with Gasteiger partial charge in [-0.1, -0.05) is 36.8 Å². The van der Waals surface area contributed by atoms with Crippen LogP contribution in [0, 0.1) is 0 Å². The molecule has 0 N–H and O–H groups in total. The van der Waals surface area contributed by atoms with Gasteiger partial charge in [0.2, 0.25) is 10.0 Å². The highest BCUT2D eigenvalue weighted by atomic mass is 32.2. The number of sulfonamides is 1. The van der Waals surface area contributed by atoms with E-state index in [1.165, 1.54) is 0 Å². The van der Waals surface area contributed by atoms with Gasteiger partial charge in [-0.3, -0.25) is 0 Å². The number of piperidine rings is 1. The van der Waals surface area contributed by atoms with Crippen LogP contribution in [0.4, 0.5) is 0 Å². The summed E-state index contributed by atoms with van der Waals surface area (Å²) in [5, 5.41) is 0. The molecule has 7 heteroatoms. The van der Waals surface area contributed by atoms with E-state index in [0.29, 0.717) is 24.6 Å². The molecule has 2 aliphatic heterocycles. The van der Waals surface area contributed by atoms with Gasteiger partial charge in [-0.2, -0.15) is 4.31 Å². The first-order valence-corrected chi connectivity index (χ1v) is 12.2. The predicted octanol–water partition coefficient (Wildman–Crippen LogP) is 4.54. The summed E-state index contributed by atoms with van der Waals surface area (Å²) in [7, 11) is -1.96. The minimum absolute atomic E-state index is 0.223. The van der Waals surface area contributed by atoms with Crippen molar-refractivity contribution in [2.45, 2.75) is 29.9 Å². The fourth-order valence-corrected chi connectivity index (χ4v) is 5.80. The van der Waals surface area contributed by atoms with Crippen LogP contribution in [0.2, 0.25) is 0 Å². The van der Waals surface area contributed by atoms with Gasteiger partial charge in [0.05, 0.1) is 12.0 Å². The van der Waals surface area contributed by atoms with E-state index in [1.54, 1.807) is 29.6 Å². The van der Waals surface area contributed by atoms with Crippen LogP contribution in [0.15, 0.2) is 77.7 Å². The molecule has 2 heterocycles. The van der Waals surface area contributed by atoms with Crippen molar-refractivity contribution in [2.24, 2.45) is 0 Å². The molecule has 0 aliphatic carbocycles. The lowest BCUT2D eigenvalue weighted by atomic mass is 9.97. The highest BCUT2D eigenvalue weighted by molar-refractivity contribution is 7.89. The minimum atomic E-state index is -3.58. The van der Waals surface area contributed by atoms with Crippen LogP contribution >= 0.6 is 0 Å². The van der Waals surface area contributed by atoms with Gasteiger partial charge in [0.15, 0.2) is 11.5 Å². The van der Waals surface area contributed by atoms with Crippen LogP contribution < -0.4 is 14.2 Å². The summed E-state index contributed by atoms with van der Waals surface area (Å²) in [6.45, 7) is 1.10. The largest absolute Gasteiger partial charge is 0.497 e. The molecule has 5 rings (SSSR count). The van der Waals surface area contributed by atoms with Gasteiger partial charge in [0, 0.05) is 30.3 Å². The number of fused-ring (bicyclic) bond motifs is 1. The number of rotatable bonds is 5. The third kappa shape index (κ3) is 3.51. The van der Waals surface area contributed by atoms with E-state index < -0.39 is 15.8 Å². The fraction of sp³-hybridized carbons (Fsp3) is 0.280. The molecule has 0 aromatic heterocycles. The van der Waals surface area contributed by atoms with E-state index in [9.17, 15) is 8.42 Å². The third-order valence-electron chi connectivity index (χ3n) is 6.00. The van der Waals surface area contributed by atoms with Crippen LogP contribution in [0.3, 0.4) is 0 Å². The predicted molar refractivity (Wildman–Crippen MR) is 121 cm³/mol. The SMILES string of the molecule is COc1ccc(C2(c3ccccc3)Oc3ccc(S(=O)(=O)N4CCCCC4)cc3O2)cc1. The van der Waals surface area contributed by atoms with Gasteiger partial charge in [-0.05, 0) is 49.2 Å². The zero-order chi connectivity index (χ0) is 22.2. The molecule has 1 atom stereocenters. The lowest BCUT2D eigenvalue weighted by molar-refractivity contribution is -0.0459. The Kier molecular flexibility index (Phi) is 5.31. The van der Waals surface area contributed by atoms with Crippen LogP contribution in [0.1, 0.15) is 30.4 Å². The maximum Gasteiger partial charge on any atom is 0.305 e. The zero-order valence-corrected chi connectivity index (χ0v) is 18.7. The van der Waals surface area contributed by atoms with Crippen molar-refractivity contribution in [2.75, 3.05) is 20.2 Å². The summed E-state index contributed by atoms with van der Waals surface area (Å²) in [6, 6.07) is 22.0. The Bertz CT molecular complexity index is 1200. The first-order chi connectivity index (χ1) is 15.5. The summed E-state index contributed by atoms with van der Waals surface area (Å²) in [5.41, 5.74) is 1.59. The summed E-state index contributed by atoms with van der Waals surface area (Å²) < 4.78 is 46.0. The highest BCUT2D eigenvalue weighted by Gasteiger charge is 2.46. The molecule has 6 nitrogen and oxygen atoms in total. The van der Waals surface area contributed by atoms with Gasteiger partial charge >= 0.3 is 5.79 Å². The summed E-state index contributed by atoms with van der Waals surface area (Å²) in [5.74, 6) is 0.413. The fourth-order valence-electron chi connectivity index (χ4n) is 4.27. The van der Waals surface area contributed by atoms with Gasteiger partial charge < -0.3 is 14.2 Å². The number of nitrogens with zero attached hydrogens (tertiary/aromatic N) is 1. The molecule has 166 valence electrons. The third-order valence-corrected chi connectivity index (χ3v) is 7.89. The summed E-state index contributed by atoms with van der Waals surface area (Å²) >= 11 is 0. The van der Waals surface area contributed by atoms with Crippen molar-refractivity contribution >= 4 is 10.0 Å². The van der Waals surface area contributed by atoms with Crippen molar-refractivity contribution in [1.82, 2.24) is 4.31 Å². The van der Waals surface area contributed by atoms with Crippen molar-refractivity contribution < 1.29 is 22.6 Å². The van der Waals surface area contributed by atoms with Gasteiger partial charge in [0.25, 0.3) is 0 Å². The van der Waals surface area contributed by atoms with Gasteiger partial charge in [-0.25, -0.2) is 8.42 Å². The number of benzene rings is 3. The van der Waals surface area contributed by atoms with E-state index in [-0.39, 0.29) is 4.90 Å².